The van der Waals surface area contributed by atoms with E-state index in [4.69, 9.17) is 5.73 Å². The van der Waals surface area contributed by atoms with Gasteiger partial charge in [0.15, 0.2) is 0 Å². The van der Waals surface area contributed by atoms with Crippen molar-refractivity contribution in [1.82, 2.24) is 0 Å². The predicted octanol–water partition coefficient (Wildman–Crippen LogP) is 2.39. The van der Waals surface area contributed by atoms with Gasteiger partial charge in [-0.1, -0.05) is 25.3 Å². The quantitative estimate of drug-likeness (QED) is 0.440. The van der Waals surface area contributed by atoms with E-state index in [9.17, 15) is 4.79 Å². The number of hydrogen-bond donors (Lipinski definition) is 1. The lowest BCUT2D eigenvalue weighted by Crippen LogP contribution is -2.09. The van der Waals surface area contributed by atoms with Crippen LogP contribution in [0.15, 0.2) is 12.7 Å². The molecule has 2 N–H and O–H groups in total. The maximum Gasteiger partial charge on any atom is 0.217 e. The molecule has 0 aliphatic heterocycles. The van der Waals surface area contributed by atoms with Gasteiger partial charge in [-0.25, -0.2) is 0 Å². The monoisotopic (exact) mass is 169 g/mol. The first-order valence-corrected chi connectivity index (χ1v) is 4.66. The third kappa shape index (κ3) is 9.21. The van der Waals surface area contributed by atoms with E-state index >= 15 is 0 Å². The van der Waals surface area contributed by atoms with Gasteiger partial charge in [0.2, 0.25) is 5.91 Å². The van der Waals surface area contributed by atoms with E-state index in [1.807, 2.05) is 6.08 Å². The van der Waals surface area contributed by atoms with Crippen molar-refractivity contribution in [2.75, 3.05) is 0 Å². The second kappa shape index (κ2) is 8.31. The Morgan fingerprint density at radius 3 is 2.33 bits per heavy atom. The molecule has 0 aromatic heterocycles. The lowest BCUT2D eigenvalue weighted by molar-refractivity contribution is -0.118. The fraction of sp³-hybridized carbons (Fsp3) is 0.700. The average molecular weight is 169 g/mol. The summed E-state index contributed by atoms with van der Waals surface area (Å²) in [5, 5.41) is 0. The van der Waals surface area contributed by atoms with E-state index in [-0.39, 0.29) is 5.91 Å². The third-order valence-electron chi connectivity index (χ3n) is 1.83. The summed E-state index contributed by atoms with van der Waals surface area (Å²) in [5.41, 5.74) is 5.00. The standard InChI is InChI=1S/C10H19NO/c1-2-3-4-5-6-7-8-9-10(11)12/h2H,1,3-9H2,(H2,11,12). The number of primary amides is 1. The first-order chi connectivity index (χ1) is 5.77. The van der Waals surface area contributed by atoms with Gasteiger partial charge in [-0.15, -0.1) is 6.58 Å². The van der Waals surface area contributed by atoms with Gasteiger partial charge in [0.05, 0.1) is 0 Å². The van der Waals surface area contributed by atoms with Crippen molar-refractivity contribution in [3.05, 3.63) is 12.7 Å². The molecule has 0 unspecified atom stereocenters. The molecule has 0 atom stereocenters. The number of carbonyl (C=O) groups is 1. The molecule has 0 aromatic carbocycles. The Balaban J connectivity index is 2.90. The number of rotatable bonds is 8. The number of allylic oxidation sites excluding steroid dienone is 1. The molecule has 0 radical (unpaired) electrons. The van der Waals surface area contributed by atoms with Crippen LogP contribution in [0.4, 0.5) is 0 Å². The van der Waals surface area contributed by atoms with Crippen molar-refractivity contribution in [1.29, 1.82) is 0 Å². The van der Waals surface area contributed by atoms with Crippen LogP contribution in [0.25, 0.3) is 0 Å². The van der Waals surface area contributed by atoms with Gasteiger partial charge >= 0.3 is 0 Å². The highest BCUT2D eigenvalue weighted by Crippen LogP contribution is 2.06. The summed E-state index contributed by atoms with van der Waals surface area (Å²) in [6.07, 6.45) is 9.34. The molecule has 0 saturated carbocycles. The van der Waals surface area contributed by atoms with Crippen molar-refractivity contribution >= 4 is 5.91 Å². The SMILES string of the molecule is C=CCCCCCCCC(N)=O. The molecule has 0 saturated heterocycles. The van der Waals surface area contributed by atoms with E-state index < -0.39 is 0 Å². The molecule has 2 nitrogen and oxygen atoms in total. The molecule has 12 heavy (non-hydrogen) atoms. The molecule has 70 valence electrons. The van der Waals surface area contributed by atoms with Crippen molar-refractivity contribution in [3.8, 4) is 0 Å². The normalized spacial score (nSPS) is 9.67. The van der Waals surface area contributed by atoms with Crippen molar-refractivity contribution in [3.63, 3.8) is 0 Å². The van der Waals surface area contributed by atoms with E-state index in [2.05, 4.69) is 6.58 Å². The molecule has 0 aliphatic rings. The minimum atomic E-state index is -0.180. The summed E-state index contributed by atoms with van der Waals surface area (Å²) in [6.45, 7) is 3.66. The third-order valence-corrected chi connectivity index (χ3v) is 1.83. The molecule has 1 amide bonds. The van der Waals surface area contributed by atoms with E-state index in [0.717, 1.165) is 19.3 Å². The number of hydrogen-bond acceptors (Lipinski definition) is 1. The largest absolute Gasteiger partial charge is 0.370 e. The summed E-state index contributed by atoms with van der Waals surface area (Å²) in [7, 11) is 0. The van der Waals surface area contributed by atoms with Gasteiger partial charge < -0.3 is 5.73 Å². The summed E-state index contributed by atoms with van der Waals surface area (Å²) in [4.78, 5) is 10.3. The Kier molecular flexibility index (Phi) is 7.76. The minimum absolute atomic E-state index is 0.180. The Labute approximate surface area is 74.8 Å². The van der Waals surface area contributed by atoms with Crippen molar-refractivity contribution in [2.24, 2.45) is 5.73 Å². The second-order valence-electron chi connectivity index (χ2n) is 3.06. The van der Waals surface area contributed by atoms with Crippen LogP contribution >= 0.6 is 0 Å². The van der Waals surface area contributed by atoms with Gasteiger partial charge in [0.1, 0.15) is 0 Å². The van der Waals surface area contributed by atoms with Crippen molar-refractivity contribution in [2.45, 2.75) is 44.9 Å². The zero-order chi connectivity index (χ0) is 9.23. The number of amides is 1. The van der Waals surface area contributed by atoms with Gasteiger partial charge in [0, 0.05) is 6.42 Å². The van der Waals surface area contributed by atoms with E-state index in [0.29, 0.717) is 6.42 Å². The highest BCUT2D eigenvalue weighted by Gasteiger charge is 1.93. The zero-order valence-corrected chi connectivity index (χ0v) is 7.72. The lowest BCUT2D eigenvalue weighted by atomic mass is 10.1. The van der Waals surface area contributed by atoms with Crippen LogP contribution < -0.4 is 5.73 Å². The molecule has 0 rings (SSSR count). The maximum absolute atomic E-state index is 10.3. The second-order valence-corrected chi connectivity index (χ2v) is 3.06. The summed E-state index contributed by atoms with van der Waals surface area (Å²) < 4.78 is 0. The van der Waals surface area contributed by atoms with Crippen LogP contribution in [0.5, 0.6) is 0 Å². The highest BCUT2D eigenvalue weighted by atomic mass is 16.1. The average Bonchev–Trinajstić information content (AvgIpc) is 2.02. The Morgan fingerprint density at radius 2 is 1.75 bits per heavy atom. The van der Waals surface area contributed by atoms with E-state index in [1.165, 1.54) is 19.3 Å². The first-order valence-electron chi connectivity index (χ1n) is 4.66. The maximum atomic E-state index is 10.3. The fourth-order valence-electron chi connectivity index (χ4n) is 1.12. The topological polar surface area (TPSA) is 43.1 Å². The lowest BCUT2D eigenvalue weighted by Gasteiger charge is -1.97. The number of unbranched alkanes of at least 4 members (excludes halogenated alkanes) is 5. The minimum Gasteiger partial charge on any atom is -0.370 e. The number of nitrogens with two attached hydrogens (primary N) is 1. The predicted molar refractivity (Wildman–Crippen MR) is 51.7 cm³/mol. The molecule has 0 fully saturated rings. The van der Waals surface area contributed by atoms with Gasteiger partial charge in [0.25, 0.3) is 0 Å². The van der Waals surface area contributed by atoms with Crippen LogP contribution in [0.1, 0.15) is 44.9 Å². The first kappa shape index (κ1) is 11.2. The molecule has 0 heterocycles. The molecule has 0 bridgehead atoms. The Morgan fingerprint density at radius 1 is 1.17 bits per heavy atom. The van der Waals surface area contributed by atoms with Crippen LogP contribution in [-0.2, 0) is 4.79 Å². The summed E-state index contributed by atoms with van der Waals surface area (Å²) in [6, 6.07) is 0. The molecular weight excluding hydrogens is 150 g/mol. The van der Waals surface area contributed by atoms with Gasteiger partial charge in [-0.3, -0.25) is 4.79 Å². The summed E-state index contributed by atoms with van der Waals surface area (Å²) in [5.74, 6) is -0.180. The van der Waals surface area contributed by atoms with E-state index in [1.54, 1.807) is 0 Å². The molecule has 0 spiro atoms. The molecule has 2 heteroatoms. The van der Waals surface area contributed by atoms with Crippen molar-refractivity contribution < 1.29 is 4.79 Å². The smallest absolute Gasteiger partial charge is 0.217 e. The van der Waals surface area contributed by atoms with Crippen LogP contribution in [0, 0.1) is 0 Å². The summed E-state index contributed by atoms with van der Waals surface area (Å²) >= 11 is 0. The van der Waals surface area contributed by atoms with Crippen LogP contribution in [-0.4, -0.2) is 5.91 Å². The van der Waals surface area contributed by atoms with Gasteiger partial charge in [-0.2, -0.15) is 0 Å². The highest BCUT2D eigenvalue weighted by molar-refractivity contribution is 5.73. The fourth-order valence-corrected chi connectivity index (χ4v) is 1.12. The number of carbonyl (C=O) groups excluding carboxylic acids is 1. The Hall–Kier alpha value is -0.790. The zero-order valence-electron chi connectivity index (χ0n) is 7.72. The molecule has 0 aliphatic carbocycles. The van der Waals surface area contributed by atoms with Gasteiger partial charge in [-0.05, 0) is 19.3 Å². The van der Waals surface area contributed by atoms with Crippen LogP contribution in [0.2, 0.25) is 0 Å². The van der Waals surface area contributed by atoms with Crippen LogP contribution in [0.3, 0.4) is 0 Å². The molecular formula is C10H19NO. The Bertz CT molecular complexity index is 132. The molecule has 0 aromatic rings.